The van der Waals surface area contributed by atoms with Gasteiger partial charge in [-0.3, -0.25) is 0 Å². The molecule has 24 heavy (non-hydrogen) atoms. The van der Waals surface area contributed by atoms with Gasteiger partial charge in [0.15, 0.2) is 0 Å². The van der Waals surface area contributed by atoms with E-state index in [0.717, 1.165) is 24.4 Å². The number of furan rings is 1. The van der Waals surface area contributed by atoms with Crippen molar-refractivity contribution in [3.63, 3.8) is 0 Å². The molecule has 0 fully saturated rings. The van der Waals surface area contributed by atoms with E-state index in [-0.39, 0.29) is 12.4 Å². The highest BCUT2D eigenvalue weighted by Crippen LogP contribution is 2.35. The van der Waals surface area contributed by atoms with Crippen molar-refractivity contribution >= 4 is 23.4 Å². The summed E-state index contributed by atoms with van der Waals surface area (Å²) in [5, 5.41) is 4.61. The predicted molar refractivity (Wildman–Crippen MR) is 105 cm³/mol. The van der Waals surface area contributed by atoms with Crippen LogP contribution >= 0.6 is 12.4 Å². The van der Waals surface area contributed by atoms with Crippen LogP contribution in [0.1, 0.15) is 23.8 Å². The van der Waals surface area contributed by atoms with Gasteiger partial charge in [0.05, 0.1) is 6.54 Å². The molecule has 3 heteroatoms. The largest absolute Gasteiger partial charge is 0.459 e. The van der Waals surface area contributed by atoms with Crippen LogP contribution in [0.2, 0.25) is 0 Å². The Kier molecular flexibility index (Phi) is 6.24. The average Bonchev–Trinajstić information content (AvgIpc) is 2.90. The molecule has 1 aromatic heterocycles. The van der Waals surface area contributed by atoms with Crippen molar-refractivity contribution in [2.75, 3.05) is 6.54 Å². The molecule has 2 aromatic carbocycles. The van der Waals surface area contributed by atoms with Crippen LogP contribution in [-0.2, 0) is 6.54 Å². The first-order valence-electron chi connectivity index (χ1n) is 8.10. The summed E-state index contributed by atoms with van der Waals surface area (Å²) in [7, 11) is 0. The van der Waals surface area contributed by atoms with Crippen molar-refractivity contribution in [1.29, 1.82) is 0 Å². The van der Waals surface area contributed by atoms with Crippen molar-refractivity contribution in [3.8, 4) is 11.1 Å². The van der Waals surface area contributed by atoms with Crippen LogP contribution in [0.25, 0.3) is 22.1 Å². The Morgan fingerprint density at radius 3 is 2.42 bits per heavy atom. The first-order chi connectivity index (χ1) is 11.2. The van der Waals surface area contributed by atoms with Crippen molar-refractivity contribution in [3.05, 3.63) is 71.5 Å². The lowest BCUT2D eigenvalue weighted by molar-refractivity contribution is 0.526. The normalized spacial score (nSPS) is 11.1. The van der Waals surface area contributed by atoms with Crippen LogP contribution in [-0.4, -0.2) is 6.54 Å². The Balaban J connectivity index is 0.00000208. The molecule has 126 valence electrons. The van der Waals surface area contributed by atoms with Crippen LogP contribution in [0.5, 0.6) is 0 Å². The van der Waals surface area contributed by atoms with E-state index in [9.17, 15) is 0 Å². The van der Waals surface area contributed by atoms with E-state index in [4.69, 9.17) is 4.42 Å². The number of hydrogen-bond acceptors (Lipinski definition) is 2. The van der Waals surface area contributed by atoms with Gasteiger partial charge in [-0.05, 0) is 38.5 Å². The molecule has 0 unspecified atom stereocenters. The summed E-state index contributed by atoms with van der Waals surface area (Å²) in [6.45, 7) is 7.83. The first-order valence-corrected chi connectivity index (χ1v) is 8.10. The first kappa shape index (κ1) is 18.3. The standard InChI is InChI=1S/C21H23NO.ClH/c1-4-5-12-22-14-20-21(17-9-6-15(2)7-10-17)18-13-16(3)8-11-19(18)23-20;/h4-11,13,22H,12,14H2,1-3H3;1H. The second-order valence-electron chi connectivity index (χ2n) is 5.97. The number of allylic oxidation sites excluding steroid dienone is 1. The van der Waals surface area contributed by atoms with Crippen molar-refractivity contribution in [2.24, 2.45) is 0 Å². The zero-order valence-corrected chi connectivity index (χ0v) is 15.2. The molecular formula is C21H24ClNO. The molecule has 0 aliphatic heterocycles. The fourth-order valence-electron chi connectivity index (χ4n) is 2.81. The molecular weight excluding hydrogens is 318 g/mol. The Bertz CT molecular complexity index is 831. The number of halogens is 1. The van der Waals surface area contributed by atoms with E-state index >= 15 is 0 Å². The second kappa shape index (κ2) is 8.18. The van der Waals surface area contributed by atoms with Crippen LogP contribution in [0.15, 0.2) is 59.0 Å². The average molecular weight is 342 g/mol. The van der Waals surface area contributed by atoms with E-state index in [1.165, 1.54) is 27.6 Å². The fraction of sp³-hybridized carbons (Fsp3) is 0.238. The molecule has 0 amide bonds. The topological polar surface area (TPSA) is 25.2 Å². The number of rotatable bonds is 5. The van der Waals surface area contributed by atoms with E-state index in [2.05, 4.69) is 73.8 Å². The smallest absolute Gasteiger partial charge is 0.135 e. The zero-order valence-electron chi connectivity index (χ0n) is 14.4. The number of nitrogens with one attached hydrogen (secondary N) is 1. The highest BCUT2D eigenvalue weighted by molar-refractivity contribution is 5.96. The maximum atomic E-state index is 6.13. The van der Waals surface area contributed by atoms with Gasteiger partial charge in [-0.2, -0.15) is 0 Å². The number of hydrogen-bond donors (Lipinski definition) is 1. The van der Waals surface area contributed by atoms with Crippen LogP contribution in [0, 0.1) is 13.8 Å². The minimum absolute atomic E-state index is 0. The lowest BCUT2D eigenvalue weighted by Crippen LogP contribution is -2.12. The predicted octanol–water partition coefficient (Wildman–Crippen LogP) is 5.80. The molecule has 0 aliphatic rings. The SMILES string of the molecule is CC=CCNCc1oc2ccc(C)cc2c1-c1ccc(C)cc1.Cl. The second-order valence-corrected chi connectivity index (χ2v) is 5.97. The van der Waals surface area contributed by atoms with E-state index in [0.29, 0.717) is 0 Å². The Morgan fingerprint density at radius 1 is 1.00 bits per heavy atom. The van der Waals surface area contributed by atoms with Gasteiger partial charge in [0.1, 0.15) is 11.3 Å². The molecule has 0 saturated carbocycles. The highest BCUT2D eigenvalue weighted by atomic mass is 35.5. The minimum Gasteiger partial charge on any atom is -0.459 e. The Hall–Kier alpha value is -2.03. The minimum atomic E-state index is 0. The molecule has 1 heterocycles. The monoisotopic (exact) mass is 341 g/mol. The number of aryl methyl sites for hydroxylation is 2. The van der Waals surface area contributed by atoms with Gasteiger partial charge in [0.2, 0.25) is 0 Å². The zero-order chi connectivity index (χ0) is 16.2. The molecule has 3 rings (SSSR count). The van der Waals surface area contributed by atoms with Crippen LogP contribution in [0.3, 0.4) is 0 Å². The summed E-state index contributed by atoms with van der Waals surface area (Å²) < 4.78 is 6.13. The maximum absolute atomic E-state index is 6.13. The van der Waals surface area contributed by atoms with Crippen molar-refractivity contribution < 1.29 is 4.42 Å². The number of fused-ring (bicyclic) bond motifs is 1. The molecule has 0 bridgehead atoms. The van der Waals surface area contributed by atoms with Gasteiger partial charge < -0.3 is 9.73 Å². The third kappa shape index (κ3) is 3.89. The van der Waals surface area contributed by atoms with Gasteiger partial charge in [0, 0.05) is 17.5 Å². The van der Waals surface area contributed by atoms with E-state index in [1.807, 2.05) is 6.92 Å². The molecule has 3 aromatic rings. The summed E-state index contributed by atoms with van der Waals surface area (Å²) in [5.41, 5.74) is 5.89. The fourth-order valence-corrected chi connectivity index (χ4v) is 2.81. The van der Waals surface area contributed by atoms with Crippen LogP contribution in [0.4, 0.5) is 0 Å². The summed E-state index contributed by atoms with van der Waals surface area (Å²) in [6, 6.07) is 15.0. The van der Waals surface area contributed by atoms with Gasteiger partial charge in [-0.25, -0.2) is 0 Å². The molecule has 0 atom stereocenters. The molecule has 1 N–H and O–H groups in total. The van der Waals surface area contributed by atoms with Gasteiger partial charge in [-0.15, -0.1) is 12.4 Å². The lowest BCUT2D eigenvalue weighted by Gasteiger charge is -2.05. The summed E-state index contributed by atoms with van der Waals surface area (Å²) in [5.74, 6) is 0.999. The Labute approximate surface area is 150 Å². The van der Waals surface area contributed by atoms with Gasteiger partial charge in [-0.1, -0.05) is 53.6 Å². The van der Waals surface area contributed by atoms with Crippen molar-refractivity contribution in [2.45, 2.75) is 27.3 Å². The molecule has 0 radical (unpaired) electrons. The van der Waals surface area contributed by atoms with E-state index < -0.39 is 0 Å². The van der Waals surface area contributed by atoms with Gasteiger partial charge >= 0.3 is 0 Å². The molecule has 0 aliphatic carbocycles. The van der Waals surface area contributed by atoms with Gasteiger partial charge in [0.25, 0.3) is 0 Å². The summed E-state index contributed by atoms with van der Waals surface area (Å²) in [4.78, 5) is 0. The van der Waals surface area contributed by atoms with E-state index in [1.54, 1.807) is 0 Å². The summed E-state index contributed by atoms with van der Waals surface area (Å²) in [6.07, 6.45) is 4.16. The molecule has 0 saturated heterocycles. The highest BCUT2D eigenvalue weighted by Gasteiger charge is 2.15. The number of benzene rings is 2. The molecule has 0 spiro atoms. The van der Waals surface area contributed by atoms with Crippen LogP contribution < -0.4 is 5.32 Å². The quantitative estimate of drug-likeness (QED) is 0.468. The summed E-state index contributed by atoms with van der Waals surface area (Å²) >= 11 is 0. The third-order valence-corrected chi connectivity index (χ3v) is 4.04. The van der Waals surface area contributed by atoms with Crippen molar-refractivity contribution in [1.82, 2.24) is 5.32 Å². The molecule has 2 nitrogen and oxygen atoms in total. The lowest BCUT2D eigenvalue weighted by atomic mass is 10.00. The Morgan fingerprint density at radius 2 is 1.71 bits per heavy atom. The maximum Gasteiger partial charge on any atom is 0.135 e. The third-order valence-electron chi connectivity index (χ3n) is 4.04.